The lowest BCUT2D eigenvalue weighted by Gasteiger charge is -2.34. The number of piperazine rings is 1. The lowest BCUT2D eigenvalue weighted by molar-refractivity contribution is -0.132. The summed E-state index contributed by atoms with van der Waals surface area (Å²) < 4.78 is 18.3. The molecule has 0 N–H and O–H groups in total. The predicted molar refractivity (Wildman–Crippen MR) is 88.9 cm³/mol. The summed E-state index contributed by atoms with van der Waals surface area (Å²) in [6, 6.07) is 6.09. The molecule has 1 amide bonds. The van der Waals surface area contributed by atoms with E-state index in [1.54, 1.807) is 18.3 Å². The lowest BCUT2D eigenvalue weighted by Crippen LogP contribution is -2.48. The van der Waals surface area contributed by atoms with Crippen molar-refractivity contribution in [2.24, 2.45) is 0 Å². The number of carbonyl (C=O) groups is 1. The molecular formula is C18H22FN3O2. The topological polar surface area (TPSA) is 49.6 Å². The van der Waals surface area contributed by atoms with Gasteiger partial charge in [0.05, 0.1) is 6.20 Å². The van der Waals surface area contributed by atoms with Crippen molar-refractivity contribution >= 4 is 5.91 Å². The van der Waals surface area contributed by atoms with Crippen LogP contribution in [0, 0.1) is 5.82 Å². The number of aryl methyl sites for hydroxylation is 1. The Hall–Kier alpha value is -2.21. The van der Waals surface area contributed by atoms with Crippen molar-refractivity contribution in [1.82, 2.24) is 15.0 Å². The van der Waals surface area contributed by atoms with E-state index in [4.69, 9.17) is 4.52 Å². The van der Waals surface area contributed by atoms with Crippen LogP contribution in [0.5, 0.6) is 0 Å². The Morgan fingerprint density at radius 1 is 1.21 bits per heavy atom. The van der Waals surface area contributed by atoms with Gasteiger partial charge in [0.25, 0.3) is 0 Å². The molecule has 0 bridgehead atoms. The SMILES string of the molecule is CCN1CCN(C(=O)CCc2cnoc2-c2ccc(F)cc2)CC1. The third-order valence-corrected chi connectivity index (χ3v) is 4.53. The molecule has 1 aromatic carbocycles. The van der Waals surface area contributed by atoms with Gasteiger partial charge >= 0.3 is 0 Å². The van der Waals surface area contributed by atoms with Crippen LogP contribution in [0.25, 0.3) is 11.3 Å². The molecule has 3 rings (SSSR count). The highest BCUT2D eigenvalue weighted by atomic mass is 19.1. The summed E-state index contributed by atoms with van der Waals surface area (Å²) in [6.07, 6.45) is 2.64. The monoisotopic (exact) mass is 331 g/mol. The number of hydrogen-bond donors (Lipinski definition) is 0. The lowest BCUT2D eigenvalue weighted by atomic mass is 10.0. The van der Waals surface area contributed by atoms with Gasteiger partial charge in [-0.2, -0.15) is 0 Å². The fourth-order valence-corrected chi connectivity index (χ4v) is 2.99. The Kier molecular flexibility index (Phi) is 5.25. The van der Waals surface area contributed by atoms with Gasteiger partial charge in [-0.25, -0.2) is 4.39 Å². The smallest absolute Gasteiger partial charge is 0.222 e. The summed E-state index contributed by atoms with van der Waals surface area (Å²) in [5, 5.41) is 3.83. The molecule has 1 saturated heterocycles. The summed E-state index contributed by atoms with van der Waals surface area (Å²) in [6.45, 7) is 6.64. The molecule has 1 fully saturated rings. The van der Waals surface area contributed by atoms with Gasteiger partial charge in [0.2, 0.25) is 5.91 Å². The zero-order valence-corrected chi connectivity index (χ0v) is 13.9. The Balaban J connectivity index is 1.58. The van der Waals surface area contributed by atoms with Crippen molar-refractivity contribution < 1.29 is 13.7 Å². The van der Waals surface area contributed by atoms with Crippen LogP contribution < -0.4 is 0 Å². The van der Waals surface area contributed by atoms with Gasteiger partial charge in [-0.3, -0.25) is 4.79 Å². The fraction of sp³-hybridized carbons (Fsp3) is 0.444. The van der Waals surface area contributed by atoms with Crippen LogP contribution in [0.3, 0.4) is 0 Å². The molecule has 0 aliphatic carbocycles. The maximum atomic E-state index is 13.0. The third kappa shape index (κ3) is 3.82. The normalized spacial score (nSPS) is 15.7. The molecule has 6 heteroatoms. The minimum atomic E-state index is -0.291. The van der Waals surface area contributed by atoms with E-state index in [0.29, 0.717) is 18.6 Å². The zero-order valence-electron chi connectivity index (χ0n) is 13.9. The summed E-state index contributed by atoms with van der Waals surface area (Å²) in [5.41, 5.74) is 1.65. The molecule has 1 aliphatic rings. The number of hydrogen-bond acceptors (Lipinski definition) is 4. The van der Waals surface area contributed by atoms with E-state index in [-0.39, 0.29) is 11.7 Å². The molecule has 0 radical (unpaired) electrons. The largest absolute Gasteiger partial charge is 0.356 e. The van der Waals surface area contributed by atoms with E-state index >= 15 is 0 Å². The quantitative estimate of drug-likeness (QED) is 0.845. The number of aromatic nitrogens is 1. The first-order valence-electron chi connectivity index (χ1n) is 8.37. The maximum absolute atomic E-state index is 13.0. The van der Waals surface area contributed by atoms with Crippen molar-refractivity contribution in [3.8, 4) is 11.3 Å². The maximum Gasteiger partial charge on any atom is 0.222 e. The highest BCUT2D eigenvalue weighted by Crippen LogP contribution is 2.25. The molecule has 24 heavy (non-hydrogen) atoms. The summed E-state index contributed by atoms with van der Waals surface area (Å²) in [4.78, 5) is 16.7. The van der Waals surface area contributed by atoms with Crippen molar-refractivity contribution in [2.75, 3.05) is 32.7 Å². The first kappa shape index (κ1) is 16.6. The van der Waals surface area contributed by atoms with Crippen LogP contribution in [0.15, 0.2) is 35.0 Å². The molecule has 1 aromatic heterocycles. The highest BCUT2D eigenvalue weighted by Gasteiger charge is 2.21. The van der Waals surface area contributed by atoms with Crippen molar-refractivity contribution in [1.29, 1.82) is 0 Å². The van der Waals surface area contributed by atoms with Gasteiger partial charge in [-0.15, -0.1) is 0 Å². The van der Waals surface area contributed by atoms with Gasteiger partial charge in [-0.1, -0.05) is 12.1 Å². The summed E-state index contributed by atoms with van der Waals surface area (Å²) >= 11 is 0. The van der Waals surface area contributed by atoms with Crippen LogP contribution >= 0.6 is 0 Å². The Labute approximate surface area is 141 Å². The molecule has 128 valence electrons. The Bertz CT molecular complexity index is 676. The number of nitrogens with zero attached hydrogens (tertiary/aromatic N) is 3. The predicted octanol–water partition coefficient (Wildman–Crippen LogP) is 2.58. The first-order chi connectivity index (χ1) is 11.7. The minimum Gasteiger partial charge on any atom is -0.356 e. The Morgan fingerprint density at radius 2 is 1.92 bits per heavy atom. The number of rotatable bonds is 5. The molecule has 5 nitrogen and oxygen atoms in total. The van der Waals surface area contributed by atoms with E-state index in [1.165, 1.54) is 12.1 Å². The third-order valence-electron chi connectivity index (χ3n) is 4.53. The standard InChI is InChI=1S/C18H22FN3O2/c1-2-21-9-11-22(12-10-21)17(23)8-5-15-13-20-24-18(15)14-3-6-16(19)7-4-14/h3-4,6-7,13H,2,5,8-12H2,1H3. The molecule has 2 aromatic rings. The highest BCUT2D eigenvalue weighted by molar-refractivity contribution is 5.77. The number of likely N-dealkylation sites (N-methyl/N-ethyl adjacent to an activating group) is 1. The van der Waals surface area contributed by atoms with E-state index in [1.807, 2.05) is 4.90 Å². The fourth-order valence-electron chi connectivity index (χ4n) is 2.99. The van der Waals surface area contributed by atoms with Gasteiger partial charge in [0.1, 0.15) is 5.82 Å². The second-order valence-corrected chi connectivity index (χ2v) is 6.00. The second-order valence-electron chi connectivity index (χ2n) is 6.00. The van der Waals surface area contributed by atoms with Gasteiger partial charge in [0.15, 0.2) is 5.76 Å². The molecule has 0 spiro atoms. The van der Waals surface area contributed by atoms with Gasteiger partial charge in [-0.05, 0) is 37.2 Å². The van der Waals surface area contributed by atoms with Crippen molar-refractivity contribution in [3.63, 3.8) is 0 Å². The first-order valence-corrected chi connectivity index (χ1v) is 8.37. The number of benzene rings is 1. The van der Waals surface area contributed by atoms with E-state index < -0.39 is 0 Å². The Morgan fingerprint density at radius 3 is 2.58 bits per heavy atom. The number of amides is 1. The minimum absolute atomic E-state index is 0.164. The average molecular weight is 331 g/mol. The van der Waals surface area contributed by atoms with E-state index in [9.17, 15) is 9.18 Å². The van der Waals surface area contributed by atoms with E-state index in [2.05, 4.69) is 17.0 Å². The number of carbonyl (C=O) groups excluding carboxylic acids is 1. The summed E-state index contributed by atoms with van der Waals surface area (Å²) in [7, 11) is 0. The average Bonchev–Trinajstić information content (AvgIpc) is 3.09. The van der Waals surface area contributed by atoms with Crippen LogP contribution in [0.2, 0.25) is 0 Å². The zero-order chi connectivity index (χ0) is 16.9. The molecule has 0 unspecified atom stereocenters. The number of halogens is 1. The van der Waals surface area contributed by atoms with Crippen molar-refractivity contribution in [2.45, 2.75) is 19.8 Å². The molecule has 1 aliphatic heterocycles. The summed E-state index contributed by atoms with van der Waals surface area (Å²) in [5.74, 6) is 0.483. The second kappa shape index (κ2) is 7.57. The molecule has 0 saturated carbocycles. The van der Waals surface area contributed by atoms with Crippen LogP contribution in [0.4, 0.5) is 4.39 Å². The van der Waals surface area contributed by atoms with E-state index in [0.717, 1.165) is 43.9 Å². The molecule has 2 heterocycles. The van der Waals surface area contributed by atoms with Crippen molar-refractivity contribution in [3.05, 3.63) is 41.8 Å². The molecule has 0 atom stereocenters. The van der Waals surface area contributed by atoms with Crippen LogP contribution in [-0.2, 0) is 11.2 Å². The molecular weight excluding hydrogens is 309 g/mol. The van der Waals surface area contributed by atoms with Gasteiger partial charge in [0, 0.05) is 43.7 Å². The van der Waals surface area contributed by atoms with Crippen LogP contribution in [0.1, 0.15) is 18.9 Å². The van der Waals surface area contributed by atoms with Crippen LogP contribution in [-0.4, -0.2) is 53.6 Å². The van der Waals surface area contributed by atoms with Gasteiger partial charge < -0.3 is 14.3 Å².